The van der Waals surface area contributed by atoms with Gasteiger partial charge in [0.15, 0.2) is 0 Å². The van der Waals surface area contributed by atoms with Gasteiger partial charge in [-0.05, 0) is 38.1 Å². The highest BCUT2D eigenvalue weighted by Gasteiger charge is 2.28. The number of rotatable bonds is 4. The van der Waals surface area contributed by atoms with Gasteiger partial charge in [-0.25, -0.2) is 0 Å². The van der Waals surface area contributed by atoms with Crippen molar-refractivity contribution in [2.75, 3.05) is 25.0 Å². The molecule has 0 spiro atoms. The monoisotopic (exact) mass is 296 g/mol. The predicted molar refractivity (Wildman–Crippen MR) is 77.0 cm³/mol. The van der Waals surface area contributed by atoms with Gasteiger partial charge in [-0.15, -0.1) is 0 Å². The molecule has 1 amide bonds. The Kier molecular flexibility index (Phi) is 4.62. The molecule has 0 bridgehead atoms. The van der Waals surface area contributed by atoms with Crippen molar-refractivity contribution in [2.45, 2.75) is 13.3 Å². The van der Waals surface area contributed by atoms with E-state index in [0.29, 0.717) is 18.8 Å². The first kappa shape index (κ1) is 14.8. The van der Waals surface area contributed by atoms with Gasteiger partial charge < -0.3 is 10.4 Å². The third kappa shape index (κ3) is 3.71. The first-order valence-electron chi connectivity index (χ1n) is 6.47. The maximum Gasteiger partial charge on any atom is 0.228 e. The molecule has 0 radical (unpaired) electrons. The summed E-state index contributed by atoms with van der Waals surface area (Å²) in [4.78, 5) is 25.2. The van der Waals surface area contributed by atoms with Gasteiger partial charge in [-0.2, -0.15) is 0 Å². The van der Waals surface area contributed by atoms with Gasteiger partial charge in [0.05, 0.1) is 17.5 Å². The lowest BCUT2D eigenvalue weighted by atomic mass is 10.1. The Balaban J connectivity index is 1.92. The largest absolute Gasteiger partial charge is 0.506 e. The molecule has 0 aliphatic carbocycles. The molecule has 2 rings (SSSR count). The third-order valence-corrected chi connectivity index (χ3v) is 3.61. The minimum atomic E-state index is -0.123. The minimum absolute atomic E-state index is 0.0156. The van der Waals surface area contributed by atoms with Crippen LogP contribution in [0.3, 0.4) is 0 Å². The molecule has 1 heterocycles. The Morgan fingerprint density at radius 1 is 1.50 bits per heavy atom. The Hall–Kier alpha value is -1.59. The van der Waals surface area contributed by atoms with E-state index in [1.54, 1.807) is 13.0 Å². The van der Waals surface area contributed by atoms with Crippen LogP contribution in [0, 0.1) is 5.92 Å². The highest BCUT2D eigenvalue weighted by Crippen LogP contribution is 2.27. The van der Waals surface area contributed by atoms with Gasteiger partial charge in [-0.1, -0.05) is 11.6 Å². The number of ketones is 1. The summed E-state index contributed by atoms with van der Waals surface area (Å²) in [5, 5.41) is 12.3. The van der Waals surface area contributed by atoms with Crippen molar-refractivity contribution in [1.82, 2.24) is 4.90 Å². The minimum Gasteiger partial charge on any atom is -0.506 e. The van der Waals surface area contributed by atoms with Gasteiger partial charge in [0.1, 0.15) is 11.5 Å². The molecule has 1 saturated heterocycles. The van der Waals surface area contributed by atoms with E-state index in [1.807, 2.05) is 4.90 Å². The Morgan fingerprint density at radius 3 is 2.90 bits per heavy atom. The van der Waals surface area contributed by atoms with Crippen LogP contribution in [0.25, 0.3) is 0 Å². The number of carbonyl (C=O) groups is 2. The van der Waals surface area contributed by atoms with Crippen LogP contribution < -0.4 is 5.32 Å². The average Bonchev–Trinajstić information content (AvgIpc) is 2.81. The van der Waals surface area contributed by atoms with Crippen molar-refractivity contribution in [3.05, 3.63) is 23.2 Å². The van der Waals surface area contributed by atoms with Crippen molar-refractivity contribution in [3.8, 4) is 5.75 Å². The lowest BCUT2D eigenvalue weighted by Crippen LogP contribution is -2.29. The summed E-state index contributed by atoms with van der Waals surface area (Å²) in [5.74, 6) is -0.116. The van der Waals surface area contributed by atoms with E-state index < -0.39 is 0 Å². The zero-order chi connectivity index (χ0) is 14.7. The highest BCUT2D eigenvalue weighted by atomic mass is 35.5. The van der Waals surface area contributed by atoms with Crippen LogP contribution in [-0.4, -0.2) is 41.3 Å². The molecule has 1 aliphatic heterocycles. The van der Waals surface area contributed by atoms with Crippen molar-refractivity contribution in [3.63, 3.8) is 0 Å². The number of benzene rings is 1. The lowest BCUT2D eigenvalue weighted by molar-refractivity contribution is -0.120. The van der Waals surface area contributed by atoms with Crippen LogP contribution in [0.1, 0.15) is 13.3 Å². The van der Waals surface area contributed by atoms with E-state index in [1.165, 1.54) is 12.1 Å². The molecule has 2 N–H and O–H groups in total. The number of hydrogen-bond acceptors (Lipinski definition) is 4. The predicted octanol–water partition coefficient (Wildman–Crippen LogP) is 1.89. The van der Waals surface area contributed by atoms with Gasteiger partial charge in [-0.3, -0.25) is 14.5 Å². The summed E-state index contributed by atoms with van der Waals surface area (Å²) in [5.41, 5.74) is 0.558. The molecule has 1 aliphatic rings. The zero-order valence-corrected chi connectivity index (χ0v) is 12.0. The molecule has 1 aromatic rings. The van der Waals surface area contributed by atoms with Gasteiger partial charge >= 0.3 is 0 Å². The molecular weight excluding hydrogens is 280 g/mol. The second kappa shape index (κ2) is 6.24. The van der Waals surface area contributed by atoms with Crippen molar-refractivity contribution in [1.29, 1.82) is 0 Å². The molecule has 0 unspecified atom stereocenters. The molecule has 20 heavy (non-hydrogen) atoms. The van der Waals surface area contributed by atoms with E-state index >= 15 is 0 Å². The van der Waals surface area contributed by atoms with Crippen molar-refractivity contribution < 1.29 is 14.7 Å². The second-order valence-electron chi connectivity index (χ2n) is 5.08. The average molecular weight is 297 g/mol. The number of hydrogen-bond donors (Lipinski definition) is 2. The molecule has 1 aromatic carbocycles. The molecule has 1 atom stereocenters. The SMILES string of the molecule is CC(=O)CN1CC[C@@H](C(=O)Nc2ccc(O)c(Cl)c2)C1. The van der Waals surface area contributed by atoms with Crippen LogP contribution in [-0.2, 0) is 9.59 Å². The van der Waals surface area contributed by atoms with E-state index in [4.69, 9.17) is 11.6 Å². The number of halogens is 1. The molecular formula is C14H17ClN2O3. The third-order valence-electron chi connectivity index (χ3n) is 3.30. The number of amides is 1. The molecule has 0 aromatic heterocycles. The van der Waals surface area contributed by atoms with Crippen LogP contribution in [0.4, 0.5) is 5.69 Å². The summed E-state index contributed by atoms with van der Waals surface area (Å²) < 4.78 is 0. The maximum absolute atomic E-state index is 12.1. The van der Waals surface area contributed by atoms with E-state index in [2.05, 4.69) is 5.32 Å². The zero-order valence-electron chi connectivity index (χ0n) is 11.2. The number of anilines is 1. The molecule has 1 fully saturated rings. The normalized spacial score (nSPS) is 19.0. The number of nitrogens with zero attached hydrogens (tertiary/aromatic N) is 1. The molecule has 108 valence electrons. The number of likely N-dealkylation sites (tertiary alicyclic amines) is 1. The van der Waals surface area contributed by atoms with Crippen LogP contribution in [0.5, 0.6) is 5.75 Å². The summed E-state index contributed by atoms with van der Waals surface area (Å²) in [7, 11) is 0. The fourth-order valence-corrected chi connectivity index (χ4v) is 2.51. The second-order valence-corrected chi connectivity index (χ2v) is 5.49. The van der Waals surface area contributed by atoms with Crippen LogP contribution in [0.2, 0.25) is 5.02 Å². The van der Waals surface area contributed by atoms with Gasteiger partial charge in [0, 0.05) is 12.2 Å². The fraction of sp³-hybridized carbons (Fsp3) is 0.429. The summed E-state index contributed by atoms with van der Waals surface area (Å²) in [6.45, 7) is 3.30. The van der Waals surface area contributed by atoms with Crippen LogP contribution in [0.15, 0.2) is 18.2 Å². The Bertz CT molecular complexity index is 533. The summed E-state index contributed by atoms with van der Waals surface area (Å²) in [6, 6.07) is 4.55. The van der Waals surface area contributed by atoms with Crippen LogP contribution >= 0.6 is 11.6 Å². The number of phenols is 1. The van der Waals surface area contributed by atoms with Gasteiger partial charge in [0.25, 0.3) is 0 Å². The van der Waals surface area contributed by atoms with E-state index in [9.17, 15) is 14.7 Å². The number of aromatic hydroxyl groups is 1. The quantitative estimate of drug-likeness (QED) is 0.833. The maximum atomic E-state index is 12.1. The highest BCUT2D eigenvalue weighted by molar-refractivity contribution is 6.32. The first-order valence-corrected chi connectivity index (χ1v) is 6.84. The summed E-state index contributed by atoms with van der Waals surface area (Å²) >= 11 is 5.79. The van der Waals surface area contributed by atoms with Crippen molar-refractivity contribution in [2.24, 2.45) is 5.92 Å². The topological polar surface area (TPSA) is 69.6 Å². The number of Topliss-reactive ketones (excluding diaryl/α,β-unsaturated/α-hetero) is 1. The standard InChI is InChI=1S/C14H17ClN2O3/c1-9(18)7-17-5-4-10(8-17)14(20)16-11-2-3-13(19)12(15)6-11/h2-3,6,10,19H,4-5,7-8H2,1H3,(H,16,20)/t10-/m1/s1. The summed E-state index contributed by atoms with van der Waals surface area (Å²) in [6.07, 6.45) is 0.741. The number of carbonyl (C=O) groups excluding carboxylic acids is 2. The van der Waals surface area contributed by atoms with Gasteiger partial charge in [0.2, 0.25) is 5.91 Å². The number of nitrogens with one attached hydrogen (secondary N) is 1. The molecule has 6 heteroatoms. The molecule has 0 saturated carbocycles. The lowest BCUT2D eigenvalue weighted by Gasteiger charge is -2.14. The Labute approximate surface area is 122 Å². The number of phenolic OH excluding ortho intramolecular Hbond substituents is 1. The van der Waals surface area contributed by atoms with E-state index in [0.717, 1.165) is 13.0 Å². The van der Waals surface area contributed by atoms with E-state index in [-0.39, 0.29) is 28.4 Å². The first-order chi connectivity index (χ1) is 9.45. The van der Waals surface area contributed by atoms with Crippen molar-refractivity contribution >= 4 is 29.0 Å². The smallest absolute Gasteiger partial charge is 0.228 e. The Morgan fingerprint density at radius 2 is 2.25 bits per heavy atom. The molecule has 5 nitrogen and oxygen atoms in total. The fourth-order valence-electron chi connectivity index (χ4n) is 2.33.